The van der Waals surface area contributed by atoms with E-state index in [1.54, 1.807) is 24.3 Å². The van der Waals surface area contributed by atoms with Crippen molar-refractivity contribution in [3.63, 3.8) is 0 Å². The Morgan fingerprint density at radius 3 is 2.20 bits per heavy atom. The number of carbonyl (C=O) groups is 2. The first-order chi connectivity index (χ1) is 16.7. The van der Waals surface area contributed by atoms with Gasteiger partial charge in [0.05, 0.1) is 12.2 Å². The Hall–Kier alpha value is -3.93. The van der Waals surface area contributed by atoms with Crippen molar-refractivity contribution in [2.75, 3.05) is 16.9 Å². The zero-order chi connectivity index (χ0) is 25.0. The molecular weight excluding hydrogens is 476 g/mol. The summed E-state index contributed by atoms with van der Waals surface area (Å²) in [6.45, 7) is 0. The molecule has 0 spiro atoms. The SMILES string of the molecule is CS(=O)(=O)Oc1ccc(Nc2nnc(C(=O)Nc3ccc([C@H]4CC[C@H](C(=O)O)CC4)cc3)o2)cc1. The summed E-state index contributed by atoms with van der Waals surface area (Å²) < 4.78 is 32.5. The highest BCUT2D eigenvalue weighted by Crippen LogP contribution is 2.36. The molecule has 0 atom stereocenters. The molecule has 0 radical (unpaired) electrons. The standard InChI is InChI=1S/C23H24N4O7S/c1-35(31,32)34-19-12-10-18(11-13-19)25-23-27-26-21(33-23)20(28)24-17-8-6-15(7-9-17)14-2-4-16(5-3-14)22(29)30/h6-14,16H,2-5H2,1H3,(H,24,28)(H,25,27)(H,29,30)/t14-,16-. The van der Waals surface area contributed by atoms with Gasteiger partial charge in [0.25, 0.3) is 0 Å². The predicted molar refractivity (Wildman–Crippen MR) is 126 cm³/mol. The van der Waals surface area contributed by atoms with Gasteiger partial charge in [0.2, 0.25) is 0 Å². The lowest BCUT2D eigenvalue weighted by molar-refractivity contribution is -0.142. The highest BCUT2D eigenvalue weighted by Gasteiger charge is 2.26. The summed E-state index contributed by atoms with van der Waals surface area (Å²) in [5.74, 6) is -1.32. The van der Waals surface area contributed by atoms with Gasteiger partial charge in [-0.25, -0.2) is 0 Å². The molecule has 184 valence electrons. The fourth-order valence-corrected chi connectivity index (χ4v) is 4.42. The van der Waals surface area contributed by atoms with Crippen molar-refractivity contribution < 1.29 is 31.7 Å². The fourth-order valence-electron chi connectivity index (χ4n) is 3.95. The van der Waals surface area contributed by atoms with Crippen molar-refractivity contribution >= 4 is 39.4 Å². The number of rotatable bonds is 8. The molecule has 1 heterocycles. The van der Waals surface area contributed by atoms with Crippen LogP contribution in [-0.4, -0.2) is 41.9 Å². The van der Waals surface area contributed by atoms with Crippen LogP contribution in [0.1, 0.15) is 47.8 Å². The minimum Gasteiger partial charge on any atom is -0.481 e. The van der Waals surface area contributed by atoms with Crippen molar-refractivity contribution in [3.8, 4) is 5.75 Å². The van der Waals surface area contributed by atoms with E-state index in [1.165, 1.54) is 12.1 Å². The Morgan fingerprint density at radius 1 is 0.971 bits per heavy atom. The van der Waals surface area contributed by atoms with Gasteiger partial charge in [-0.15, -0.1) is 5.10 Å². The van der Waals surface area contributed by atoms with Crippen LogP contribution in [0.3, 0.4) is 0 Å². The van der Waals surface area contributed by atoms with Gasteiger partial charge >= 0.3 is 33.9 Å². The molecule has 11 nitrogen and oxygen atoms in total. The number of carboxylic acids is 1. The second kappa shape index (κ2) is 10.1. The van der Waals surface area contributed by atoms with Crippen LogP contribution >= 0.6 is 0 Å². The smallest absolute Gasteiger partial charge is 0.320 e. The second-order valence-corrected chi connectivity index (χ2v) is 9.89. The van der Waals surface area contributed by atoms with Crippen LogP contribution in [0.2, 0.25) is 0 Å². The summed E-state index contributed by atoms with van der Waals surface area (Å²) in [6, 6.07) is 13.4. The Kier molecular flexibility index (Phi) is 7.01. The number of benzene rings is 2. The van der Waals surface area contributed by atoms with Crippen molar-refractivity contribution in [2.24, 2.45) is 5.92 Å². The van der Waals surface area contributed by atoms with Gasteiger partial charge in [0.1, 0.15) is 5.75 Å². The maximum Gasteiger partial charge on any atom is 0.320 e. The van der Waals surface area contributed by atoms with Crippen molar-refractivity contribution in [3.05, 3.63) is 60.0 Å². The summed E-state index contributed by atoms with van der Waals surface area (Å²) in [5.41, 5.74) is 2.20. The van der Waals surface area contributed by atoms with Gasteiger partial charge in [-0.3, -0.25) is 9.59 Å². The van der Waals surface area contributed by atoms with Gasteiger partial charge in [-0.2, -0.15) is 8.42 Å². The van der Waals surface area contributed by atoms with Crippen LogP contribution in [0, 0.1) is 5.92 Å². The molecule has 12 heteroatoms. The monoisotopic (exact) mass is 500 g/mol. The molecule has 1 aliphatic rings. The minimum atomic E-state index is -3.62. The Balaban J connectivity index is 1.31. The Morgan fingerprint density at radius 2 is 1.60 bits per heavy atom. The van der Waals surface area contributed by atoms with Crippen LogP contribution in [0.4, 0.5) is 17.4 Å². The molecule has 1 saturated carbocycles. The molecular formula is C23H24N4O7S. The maximum absolute atomic E-state index is 12.5. The average molecular weight is 501 g/mol. The van der Waals surface area contributed by atoms with Crippen LogP contribution in [-0.2, 0) is 14.9 Å². The van der Waals surface area contributed by atoms with E-state index >= 15 is 0 Å². The first-order valence-electron chi connectivity index (χ1n) is 10.9. The average Bonchev–Trinajstić information content (AvgIpc) is 3.29. The second-order valence-electron chi connectivity index (χ2n) is 8.31. The lowest BCUT2D eigenvalue weighted by atomic mass is 9.79. The van der Waals surface area contributed by atoms with Gasteiger partial charge < -0.3 is 24.3 Å². The van der Waals surface area contributed by atoms with Gasteiger partial charge in [-0.1, -0.05) is 17.2 Å². The van der Waals surface area contributed by atoms with E-state index in [9.17, 15) is 18.0 Å². The molecule has 0 bridgehead atoms. The van der Waals surface area contributed by atoms with Crippen LogP contribution < -0.4 is 14.8 Å². The number of anilines is 3. The molecule has 0 unspecified atom stereocenters. The minimum absolute atomic E-state index is 0.0146. The summed E-state index contributed by atoms with van der Waals surface area (Å²) in [5, 5.41) is 22.2. The lowest BCUT2D eigenvalue weighted by Crippen LogP contribution is -2.20. The molecule has 4 rings (SSSR count). The highest BCUT2D eigenvalue weighted by molar-refractivity contribution is 7.86. The van der Waals surface area contributed by atoms with E-state index in [0.717, 1.165) is 24.7 Å². The first kappa shape index (κ1) is 24.2. The molecule has 3 aromatic rings. The molecule has 35 heavy (non-hydrogen) atoms. The van der Waals surface area contributed by atoms with E-state index in [-0.39, 0.29) is 23.6 Å². The Bertz CT molecular complexity index is 1300. The van der Waals surface area contributed by atoms with E-state index in [0.29, 0.717) is 30.1 Å². The molecule has 0 aliphatic heterocycles. The first-order valence-corrected chi connectivity index (χ1v) is 12.7. The van der Waals surface area contributed by atoms with Gasteiger partial charge in [0, 0.05) is 11.4 Å². The Labute approximate surface area is 201 Å². The summed E-state index contributed by atoms with van der Waals surface area (Å²) in [4.78, 5) is 23.6. The number of aromatic nitrogens is 2. The third-order valence-corrected chi connectivity index (χ3v) is 6.18. The fraction of sp³-hybridized carbons (Fsp3) is 0.304. The molecule has 1 amide bonds. The number of carboxylic acid groups (broad SMARTS) is 1. The van der Waals surface area contributed by atoms with E-state index in [4.69, 9.17) is 13.7 Å². The van der Waals surface area contributed by atoms with Crippen molar-refractivity contribution in [1.82, 2.24) is 10.2 Å². The molecule has 1 fully saturated rings. The van der Waals surface area contributed by atoms with Crippen LogP contribution in [0.5, 0.6) is 5.75 Å². The number of hydrogen-bond acceptors (Lipinski definition) is 9. The third-order valence-electron chi connectivity index (χ3n) is 5.69. The molecule has 2 aromatic carbocycles. The number of aliphatic carboxylic acids is 1. The molecule has 3 N–H and O–H groups in total. The van der Waals surface area contributed by atoms with Crippen LogP contribution in [0.25, 0.3) is 0 Å². The van der Waals surface area contributed by atoms with Crippen LogP contribution in [0.15, 0.2) is 52.9 Å². The summed E-state index contributed by atoms with van der Waals surface area (Å²) >= 11 is 0. The number of carbonyl (C=O) groups excluding carboxylic acids is 1. The zero-order valence-corrected chi connectivity index (χ0v) is 19.6. The number of nitrogens with one attached hydrogen (secondary N) is 2. The summed E-state index contributed by atoms with van der Waals surface area (Å²) in [7, 11) is -3.62. The highest BCUT2D eigenvalue weighted by atomic mass is 32.2. The van der Waals surface area contributed by atoms with Gasteiger partial charge in [0.15, 0.2) is 0 Å². The van der Waals surface area contributed by atoms with E-state index in [1.807, 2.05) is 12.1 Å². The third kappa shape index (κ3) is 6.57. The zero-order valence-electron chi connectivity index (χ0n) is 18.8. The number of amides is 1. The normalized spacial score (nSPS) is 18.0. The number of nitrogens with zero attached hydrogens (tertiary/aromatic N) is 2. The molecule has 1 aromatic heterocycles. The van der Waals surface area contributed by atoms with E-state index < -0.39 is 22.0 Å². The van der Waals surface area contributed by atoms with Crippen molar-refractivity contribution in [1.29, 1.82) is 0 Å². The topological polar surface area (TPSA) is 161 Å². The molecule has 1 aliphatic carbocycles. The largest absolute Gasteiger partial charge is 0.481 e. The lowest BCUT2D eigenvalue weighted by Gasteiger charge is -2.26. The van der Waals surface area contributed by atoms with Gasteiger partial charge in [-0.05, 0) is 73.6 Å². The van der Waals surface area contributed by atoms with E-state index in [2.05, 4.69) is 20.8 Å². The quantitative estimate of drug-likeness (QED) is 0.388. The predicted octanol–water partition coefficient (Wildman–Crippen LogP) is 3.76. The molecule has 0 saturated heterocycles. The number of hydrogen-bond donors (Lipinski definition) is 3. The summed E-state index contributed by atoms with van der Waals surface area (Å²) in [6.07, 6.45) is 3.95. The maximum atomic E-state index is 12.5. The van der Waals surface area contributed by atoms with Crippen molar-refractivity contribution in [2.45, 2.75) is 31.6 Å².